The van der Waals surface area contributed by atoms with Crippen LogP contribution in [0.5, 0.6) is 5.75 Å². The Bertz CT molecular complexity index is 1560. The number of pyridine rings is 1. The number of nitrogens with zero attached hydrogens (tertiary/aromatic N) is 3. The van der Waals surface area contributed by atoms with Crippen LogP contribution in [-0.2, 0) is 11.3 Å². The minimum Gasteiger partial charge on any atom is -0.495 e. The van der Waals surface area contributed by atoms with Gasteiger partial charge in [-0.05, 0) is 49.7 Å². The maximum atomic E-state index is 14.0. The third kappa shape index (κ3) is 4.05. The van der Waals surface area contributed by atoms with Gasteiger partial charge >= 0.3 is 5.69 Å². The molecule has 1 N–H and O–H groups in total. The van der Waals surface area contributed by atoms with Gasteiger partial charge in [0.1, 0.15) is 23.9 Å². The molecule has 0 saturated heterocycles. The van der Waals surface area contributed by atoms with Gasteiger partial charge in [0, 0.05) is 11.8 Å². The van der Waals surface area contributed by atoms with Crippen molar-refractivity contribution in [2.45, 2.75) is 20.4 Å². The van der Waals surface area contributed by atoms with E-state index >= 15 is 0 Å². The maximum Gasteiger partial charge on any atom is 0.337 e. The molecule has 4 rings (SSSR count). The number of amides is 1. The zero-order valence-corrected chi connectivity index (χ0v) is 18.6. The van der Waals surface area contributed by atoms with E-state index in [1.165, 1.54) is 11.7 Å². The fourth-order valence-electron chi connectivity index (χ4n) is 3.77. The summed E-state index contributed by atoms with van der Waals surface area (Å²) in [7, 11) is 1.44. The highest BCUT2D eigenvalue weighted by atomic mass is 19.1. The molecular formula is C24H20F2N4O4. The third-order valence-electron chi connectivity index (χ3n) is 5.25. The van der Waals surface area contributed by atoms with Crippen LogP contribution in [0.4, 0.5) is 14.5 Å². The lowest BCUT2D eigenvalue weighted by Crippen LogP contribution is -2.42. The number of halogens is 2. The van der Waals surface area contributed by atoms with Crippen LogP contribution in [0, 0.1) is 25.5 Å². The number of carbonyl (C=O) groups is 1. The van der Waals surface area contributed by atoms with Crippen molar-refractivity contribution in [3.63, 3.8) is 0 Å². The first kappa shape index (κ1) is 22.8. The molecule has 0 fully saturated rings. The molecule has 0 unspecified atom stereocenters. The fourth-order valence-corrected chi connectivity index (χ4v) is 3.77. The van der Waals surface area contributed by atoms with Crippen LogP contribution in [0.2, 0.25) is 0 Å². The van der Waals surface area contributed by atoms with Gasteiger partial charge in [-0.25, -0.2) is 27.7 Å². The third-order valence-corrected chi connectivity index (χ3v) is 5.25. The van der Waals surface area contributed by atoms with Gasteiger partial charge < -0.3 is 10.1 Å². The van der Waals surface area contributed by atoms with Crippen molar-refractivity contribution >= 4 is 22.6 Å². The molecule has 2 heterocycles. The van der Waals surface area contributed by atoms with Crippen LogP contribution in [0.1, 0.15) is 11.3 Å². The number of benzene rings is 2. The zero-order valence-electron chi connectivity index (χ0n) is 18.6. The number of hydrogen-bond acceptors (Lipinski definition) is 5. The van der Waals surface area contributed by atoms with Crippen molar-refractivity contribution in [1.82, 2.24) is 14.1 Å². The average Bonchev–Trinajstić information content (AvgIpc) is 2.78. The molecule has 4 aromatic rings. The molecule has 34 heavy (non-hydrogen) atoms. The fraction of sp³-hybridized carbons (Fsp3) is 0.167. The molecule has 0 radical (unpaired) electrons. The quantitative estimate of drug-likeness (QED) is 0.488. The molecule has 1 amide bonds. The van der Waals surface area contributed by atoms with Gasteiger partial charge in [-0.1, -0.05) is 12.1 Å². The lowest BCUT2D eigenvalue weighted by molar-refractivity contribution is -0.116. The average molecular weight is 466 g/mol. The van der Waals surface area contributed by atoms with Crippen LogP contribution < -0.4 is 21.3 Å². The number of fused-ring (bicyclic) bond motifs is 1. The Hall–Kier alpha value is -4.34. The number of hydrogen-bond donors (Lipinski definition) is 1. The minimum atomic E-state index is -0.985. The topological polar surface area (TPSA) is 95.2 Å². The predicted octanol–water partition coefficient (Wildman–Crippen LogP) is 3.09. The molecule has 8 nitrogen and oxygen atoms in total. The van der Waals surface area contributed by atoms with Crippen LogP contribution in [0.25, 0.3) is 16.7 Å². The number of para-hydroxylation sites is 2. The van der Waals surface area contributed by atoms with Gasteiger partial charge in [-0.3, -0.25) is 9.59 Å². The molecule has 2 aromatic heterocycles. The number of nitrogens with one attached hydrogen (secondary N) is 1. The highest BCUT2D eigenvalue weighted by Crippen LogP contribution is 2.24. The lowest BCUT2D eigenvalue weighted by atomic mass is 10.1. The summed E-state index contributed by atoms with van der Waals surface area (Å²) in [4.78, 5) is 43.9. The summed E-state index contributed by atoms with van der Waals surface area (Å²) in [5.74, 6) is -2.27. The Morgan fingerprint density at radius 1 is 1.09 bits per heavy atom. The van der Waals surface area contributed by atoms with E-state index in [0.29, 0.717) is 28.8 Å². The van der Waals surface area contributed by atoms with Crippen LogP contribution in [0.3, 0.4) is 0 Å². The second-order valence-electron chi connectivity index (χ2n) is 7.63. The first-order chi connectivity index (χ1) is 16.2. The number of methoxy groups -OCH3 is 1. The summed E-state index contributed by atoms with van der Waals surface area (Å²) < 4.78 is 34.5. The van der Waals surface area contributed by atoms with Crippen LogP contribution >= 0.6 is 0 Å². The van der Waals surface area contributed by atoms with E-state index in [2.05, 4.69) is 10.3 Å². The molecule has 174 valence electrons. The number of aromatic nitrogens is 3. The van der Waals surface area contributed by atoms with E-state index in [0.717, 1.165) is 16.7 Å². The van der Waals surface area contributed by atoms with Crippen LogP contribution in [-0.4, -0.2) is 27.1 Å². The molecular weight excluding hydrogens is 446 g/mol. The van der Waals surface area contributed by atoms with Crippen molar-refractivity contribution in [1.29, 1.82) is 0 Å². The van der Waals surface area contributed by atoms with Gasteiger partial charge in [0.2, 0.25) is 5.91 Å². The van der Waals surface area contributed by atoms with Gasteiger partial charge in [0.25, 0.3) is 5.56 Å². The zero-order chi connectivity index (χ0) is 24.6. The van der Waals surface area contributed by atoms with E-state index in [1.807, 2.05) is 0 Å². The maximum absolute atomic E-state index is 14.0. The van der Waals surface area contributed by atoms with E-state index < -0.39 is 35.3 Å². The molecule has 0 saturated carbocycles. The molecule has 0 aliphatic rings. The van der Waals surface area contributed by atoms with Gasteiger partial charge in [0.05, 0.1) is 23.9 Å². The van der Waals surface area contributed by atoms with E-state index in [4.69, 9.17) is 4.74 Å². The Morgan fingerprint density at radius 2 is 1.82 bits per heavy atom. The van der Waals surface area contributed by atoms with Gasteiger partial charge in [-0.2, -0.15) is 0 Å². The second kappa shape index (κ2) is 8.89. The smallest absolute Gasteiger partial charge is 0.337 e. The molecule has 0 aliphatic carbocycles. The highest BCUT2D eigenvalue weighted by Gasteiger charge is 2.21. The summed E-state index contributed by atoms with van der Waals surface area (Å²) in [6.07, 6.45) is 0. The number of anilines is 1. The van der Waals surface area contributed by atoms with E-state index in [9.17, 15) is 23.2 Å². The van der Waals surface area contributed by atoms with Crippen molar-refractivity contribution in [3.05, 3.63) is 92.3 Å². The van der Waals surface area contributed by atoms with Crippen LogP contribution in [0.15, 0.2) is 58.1 Å². The highest BCUT2D eigenvalue weighted by molar-refractivity contribution is 5.91. The summed E-state index contributed by atoms with van der Waals surface area (Å²) in [6, 6.07) is 11.0. The number of carbonyl (C=O) groups excluding carboxylic acids is 1. The molecule has 2 aromatic carbocycles. The predicted molar refractivity (Wildman–Crippen MR) is 123 cm³/mol. The monoisotopic (exact) mass is 466 g/mol. The minimum absolute atomic E-state index is 0.123. The summed E-state index contributed by atoms with van der Waals surface area (Å²) in [5, 5.41) is 2.42. The number of ether oxygens (including phenoxy) is 1. The Kier molecular flexibility index (Phi) is 5.97. The lowest BCUT2D eigenvalue weighted by Gasteiger charge is -2.17. The largest absolute Gasteiger partial charge is 0.495 e. The first-order valence-corrected chi connectivity index (χ1v) is 10.2. The normalized spacial score (nSPS) is 11.0. The molecule has 0 bridgehead atoms. The van der Waals surface area contributed by atoms with E-state index in [-0.39, 0.29) is 16.7 Å². The Labute approximate surface area is 192 Å². The van der Waals surface area contributed by atoms with E-state index in [1.54, 1.807) is 44.2 Å². The second-order valence-corrected chi connectivity index (χ2v) is 7.63. The first-order valence-electron chi connectivity index (χ1n) is 10.2. The van der Waals surface area contributed by atoms with Gasteiger partial charge in [0.15, 0.2) is 5.65 Å². The summed E-state index contributed by atoms with van der Waals surface area (Å²) >= 11 is 0. The molecule has 0 aliphatic heterocycles. The number of aryl methyl sites for hydroxylation is 2. The van der Waals surface area contributed by atoms with Gasteiger partial charge in [-0.15, -0.1) is 0 Å². The Morgan fingerprint density at radius 3 is 2.53 bits per heavy atom. The SMILES string of the molecule is COc1ccccc1-n1c(=O)n(CC(=O)Nc2ccc(F)cc2F)c(=O)c2c(C)cc(C)nc21. The standard InChI is InChI=1S/C24H20F2N4O4/c1-13-10-14(2)27-22-21(13)23(32)29(12-20(31)28-17-9-8-15(25)11-16(17)26)24(33)30(22)18-6-4-5-7-19(18)34-3/h4-11H,12H2,1-3H3,(H,28,31). The van der Waals surface area contributed by atoms with Crippen molar-refractivity contribution in [3.8, 4) is 11.4 Å². The van der Waals surface area contributed by atoms with Crippen molar-refractivity contribution in [2.24, 2.45) is 0 Å². The van der Waals surface area contributed by atoms with Crippen molar-refractivity contribution in [2.75, 3.05) is 12.4 Å². The summed E-state index contributed by atoms with van der Waals surface area (Å²) in [5.41, 5.74) is -0.210. The van der Waals surface area contributed by atoms with Crippen molar-refractivity contribution < 1.29 is 18.3 Å². The Balaban J connectivity index is 1.92. The molecule has 10 heteroatoms. The number of rotatable bonds is 5. The molecule has 0 spiro atoms. The molecule has 0 atom stereocenters. The summed E-state index contributed by atoms with van der Waals surface area (Å²) in [6.45, 7) is 2.74.